The van der Waals surface area contributed by atoms with E-state index >= 15 is 0 Å². The Morgan fingerprint density at radius 3 is 2.35 bits per heavy atom. The predicted molar refractivity (Wildman–Crippen MR) is 66.0 cm³/mol. The van der Waals surface area contributed by atoms with Gasteiger partial charge in [-0.25, -0.2) is 8.42 Å². The summed E-state index contributed by atoms with van der Waals surface area (Å²) < 4.78 is 68.8. The number of halogens is 4. The smallest absolute Gasteiger partial charge is 0.379 e. The van der Waals surface area contributed by atoms with Crippen molar-refractivity contribution >= 4 is 21.6 Å². The lowest BCUT2D eigenvalue weighted by Gasteiger charge is -2.26. The number of hydrogen-bond acceptors (Lipinski definition) is 3. The topological polar surface area (TPSA) is 46.6 Å². The first-order valence-corrected chi connectivity index (χ1v) is 7.49. The number of nitrogens with zero attached hydrogens (tertiary/aromatic N) is 1. The molecule has 112 valence electrons. The normalized spacial score (nSPS) is 18.2. The van der Waals surface area contributed by atoms with Crippen LogP contribution in [0, 0.1) is 0 Å². The Balaban J connectivity index is 2.42. The first kappa shape index (κ1) is 15.6. The van der Waals surface area contributed by atoms with Gasteiger partial charge in [-0.3, -0.25) is 0 Å². The maximum Gasteiger partial charge on any atom is 0.417 e. The minimum absolute atomic E-state index is 0.117. The van der Waals surface area contributed by atoms with Crippen molar-refractivity contribution in [3.8, 4) is 0 Å². The number of alkyl halides is 3. The van der Waals surface area contributed by atoms with E-state index in [9.17, 15) is 21.6 Å². The Hall–Kier alpha value is -0.830. The SMILES string of the molecule is O=S(=O)(c1ccc(Cl)c(C(F)(F)F)c1)N1CCOCC1. The van der Waals surface area contributed by atoms with Crippen molar-refractivity contribution in [1.29, 1.82) is 0 Å². The van der Waals surface area contributed by atoms with Gasteiger partial charge in [0.2, 0.25) is 10.0 Å². The number of morpholine rings is 1. The zero-order chi connectivity index (χ0) is 15.0. The third kappa shape index (κ3) is 3.08. The van der Waals surface area contributed by atoms with Gasteiger partial charge in [0.25, 0.3) is 0 Å². The molecule has 9 heteroatoms. The van der Waals surface area contributed by atoms with E-state index in [1.807, 2.05) is 0 Å². The van der Waals surface area contributed by atoms with E-state index in [4.69, 9.17) is 16.3 Å². The van der Waals surface area contributed by atoms with Crippen molar-refractivity contribution in [2.75, 3.05) is 26.3 Å². The lowest BCUT2D eigenvalue weighted by atomic mass is 10.2. The third-order valence-electron chi connectivity index (χ3n) is 2.85. The fraction of sp³-hybridized carbons (Fsp3) is 0.455. The molecule has 0 bridgehead atoms. The largest absolute Gasteiger partial charge is 0.417 e. The van der Waals surface area contributed by atoms with Gasteiger partial charge in [0.1, 0.15) is 0 Å². The number of hydrogen-bond donors (Lipinski definition) is 0. The molecular formula is C11H11ClF3NO3S. The van der Waals surface area contributed by atoms with E-state index in [1.165, 1.54) is 0 Å². The molecule has 20 heavy (non-hydrogen) atoms. The van der Waals surface area contributed by atoms with Gasteiger partial charge in [0.05, 0.1) is 28.7 Å². The Labute approximate surface area is 119 Å². The molecule has 0 unspecified atom stereocenters. The molecule has 0 spiro atoms. The molecule has 1 fully saturated rings. The summed E-state index contributed by atoms with van der Waals surface area (Å²) in [6.45, 7) is 0.677. The second-order valence-electron chi connectivity index (χ2n) is 4.16. The number of rotatable bonds is 2. The van der Waals surface area contributed by atoms with Crippen molar-refractivity contribution in [1.82, 2.24) is 4.31 Å². The number of ether oxygens (including phenoxy) is 1. The second-order valence-corrected chi connectivity index (χ2v) is 6.50. The zero-order valence-corrected chi connectivity index (χ0v) is 11.7. The van der Waals surface area contributed by atoms with E-state index in [0.29, 0.717) is 6.07 Å². The maximum absolute atomic E-state index is 12.7. The second kappa shape index (κ2) is 5.51. The van der Waals surface area contributed by atoms with Gasteiger partial charge in [0, 0.05) is 13.1 Å². The van der Waals surface area contributed by atoms with Crippen LogP contribution in [0.25, 0.3) is 0 Å². The summed E-state index contributed by atoms with van der Waals surface area (Å²) in [5.74, 6) is 0. The Kier molecular flexibility index (Phi) is 4.29. The quantitative estimate of drug-likeness (QED) is 0.837. The monoisotopic (exact) mass is 329 g/mol. The molecule has 0 amide bonds. The van der Waals surface area contributed by atoms with E-state index in [2.05, 4.69) is 0 Å². The summed E-state index contributed by atoms with van der Waals surface area (Å²) in [6, 6.07) is 2.58. The molecule has 0 aromatic heterocycles. The standard InChI is InChI=1S/C11H11ClF3NO3S/c12-10-2-1-8(7-9(10)11(13,14)15)20(17,18)16-3-5-19-6-4-16/h1-2,7H,3-6H2. The minimum atomic E-state index is -4.70. The zero-order valence-electron chi connectivity index (χ0n) is 10.2. The molecule has 0 aliphatic carbocycles. The van der Waals surface area contributed by atoms with E-state index in [1.54, 1.807) is 0 Å². The molecule has 0 saturated carbocycles. The first-order valence-electron chi connectivity index (χ1n) is 5.67. The van der Waals surface area contributed by atoms with Crippen LogP contribution in [0.4, 0.5) is 13.2 Å². The van der Waals surface area contributed by atoms with Gasteiger partial charge in [-0.1, -0.05) is 11.6 Å². The number of sulfonamides is 1. The number of benzene rings is 1. The summed E-state index contributed by atoms with van der Waals surface area (Å²) in [5, 5.41) is -0.529. The van der Waals surface area contributed by atoms with E-state index in [-0.39, 0.29) is 26.3 Å². The highest BCUT2D eigenvalue weighted by Crippen LogP contribution is 2.36. The molecule has 1 saturated heterocycles. The minimum Gasteiger partial charge on any atom is -0.379 e. The van der Waals surface area contributed by atoms with Crippen LogP contribution in [0.1, 0.15) is 5.56 Å². The fourth-order valence-corrected chi connectivity index (χ4v) is 3.48. The van der Waals surface area contributed by atoms with Crippen LogP contribution < -0.4 is 0 Å². The van der Waals surface area contributed by atoms with Gasteiger partial charge in [-0.15, -0.1) is 0 Å². The van der Waals surface area contributed by atoms with Crippen molar-refractivity contribution < 1.29 is 26.3 Å². The molecule has 2 rings (SSSR count). The fourth-order valence-electron chi connectivity index (χ4n) is 1.82. The highest BCUT2D eigenvalue weighted by Gasteiger charge is 2.35. The molecule has 0 radical (unpaired) electrons. The summed E-state index contributed by atoms with van der Waals surface area (Å²) in [6.07, 6.45) is -4.70. The molecule has 1 heterocycles. The van der Waals surface area contributed by atoms with Gasteiger partial charge in [-0.05, 0) is 18.2 Å². The average Bonchev–Trinajstić information content (AvgIpc) is 2.38. The Morgan fingerprint density at radius 2 is 1.80 bits per heavy atom. The summed E-state index contributed by atoms with van der Waals surface area (Å²) in [7, 11) is -3.97. The molecular weight excluding hydrogens is 319 g/mol. The van der Waals surface area contributed by atoms with Crippen LogP contribution in [0.5, 0.6) is 0 Å². The molecule has 0 N–H and O–H groups in total. The Bertz CT molecular complexity index is 597. The molecule has 0 atom stereocenters. The molecule has 1 aliphatic rings. The summed E-state index contributed by atoms with van der Waals surface area (Å²) in [4.78, 5) is -0.420. The van der Waals surface area contributed by atoms with Crippen molar-refractivity contribution in [2.45, 2.75) is 11.1 Å². The van der Waals surface area contributed by atoms with E-state index in [0.717, 1.165) is 16.4 Å². The summed E-state index contributed by atoms with van der Waals surface area (Å²) >= 11 is 5.47. The highest BCUT2D eigenvalue weighted by atomic mass is 35.5. The predicted octanol–water partition coefficient (Wildman–Crippen LogP) is 2.38. The first-order chi connectivity index (χ1) is 9.23. The van der Waals surface area contributed by atoms with Gasteiger partial charge >= 0.3 is 6.18 Å². The van der Waals surface area contributed by atoms with Crippen LogP contribution in [0.2, 0.25) is 5.02 Å². The molecule has 1 aliphatic heterocycles. The van der Waals surface area contributed by atoms with Gasteiger partial charge in [0.15, 0.2) is 0 Å². The van der Waals surface area contributed by atoms with Crippen molar-refractivity contribution in [3.63, 3.8) is 0 Å². The van der Waals surface area contributed by atoms with Crippen molar-refractivity contribution in [3.05, 3.63) is 28.8 Å². The lowest BCUT2D eigenvalue weighted by molar-refractivity contribution is -0.137. The van der Waals surface area contributed by atoms with Crippen LogP contribution in [0.3, 0.4) is 0 Å². The molecule has 1 aromatic rings. The maximum atomic E-state index is 12.7. The molecule has 4 nitrogen and oxygen atoms in total. The highest BCUT2D eigenvalue weighted by molar-refractivity contribution is 7.89. The molecule has 1 aromatic carbocycles. The lowest BCUT2D eigenvalue weighted by Crippen LogP contribution is -2.40. The van der Waals surface area contributed by atoms with Crippen LogP contribution in [-0.2, 0) is 20.9 Å². The van der Waals surface area contributed by atoms with Crippen LogP contribution >= 0.6 is 11.6 Å². The van der Waals surface area contributed by atoms with Gasteiger partial charge < -0.3 is 4.74 Å². The van der Waals surface area contributed by atoms with Crippen LogP contribution in [-0.4, -0.2) is 39.0 Å². The van der Waals surface area contributed by atoms with Gasteiger partial charge in [-0.2, -0.15) is 17.5 Å². The van der Waals surface area contributed by atoms with E-state index < -0.39 is 31.7 Å². The van der Waals surface area contributed by atoms with Crippen LogP contribution in [0.15, 0.2) is 23.1 Å². The Morgan fingerprint density at radius 1 is 1.20 bits per heavy atom. The van der Waals surface area contributed by atoms with Crippen molar-refractivity contribution in [2.24, 2.45) is 0 Å². The third-order valence-corrected chi connectivity index (χ3v) is 5.08. The summed E-state index contributed by atoms with van der Waals surface area (Å²) in [5.41, 5.74) is -1.16. The average molecular weight is 330 g/mol.